The molecule has 0 saturated heterocycles. The van der Waals surface area contributed by atoms with E-state index < -0.39 is 18.1 Å². The molecule has 1 heterocycles. The first-order valence-electron chi connectivity index (χ1n) is 8.70. The predicted octanol–water partition coefficient (Wildman–Crippen LogP) is 4.78. The van der Waals surface area contributed by atoms with Crippen LogP contribution in [0.2, 0.25) is 0 Å². The van der Waals surface area contributed by atoms with Gasteiger partial charge in [0.1, 0.15) is 0 Å². The molecule has 1 fully saturated rings. The summed E-state index contributed by atoms with van der Waals surface area (Å²) in [5.41, 5.74) is 2.31. The maximum atomic E-state index is 13.1. The zero-order valence-corrected chi connectivity index (χ0v) is 14.9. The zero-order chi connectivity index (χ0) is 20.8. The molecular weight excluding hydrogens is 383 g/mol. The Morgan fingerprint density at radius 3 is 2.07 bits per heavy atom. The van der Waals surface area contributed by atoms with Crippen molar-refractivity contribution < 1.29 is 31.9 Å². The maximum Gasteiger partial charge on any atom is 0.490 e. The molecule has 9 heteroatoms. The number of rotatable bonds is 4. The number of hydrogen-bond acceptors (Lipinski definition) is 2. The summed E-state index contributed by atoms with van der Waals surface area (Å²) in [6, 6.07) is 12.5. The molecule has 1 aromatic heterocycles. The van der Waals surface area contributed by atoms with Gasteiger partial charge >= 0.3 is 12.1 Å². The molecule has 0 bridgehead atoms. The molecule has 2 aromatic rings. The Hall–Kier alpha value is -2.42. The van der Waals surface area contributed by atoms with Crippen LogP contribution in [-0.2, 0) is 11.3 Å². The van der Waals surface area contributed by atoms with Gasteiger partial charge in [-0.05, 0) is 42.7 Å². The van der Waals surface area contributed by atoms with Crippen LogP contribution in [0.1, 0.15) is 31.2 Å². The minimum absolute atomic E-state index is 0.0111. The number of aromatic nitrogens is 1. The van der Waals surface area contributed by atoms with Gasteiger partial charge in [-0.2, -0.15) is 13.2 Å². The summed E-state index contributed by atoms with van der Waals surface area (Å²) in [6.07, 6.45) is 0.0856. The van der Waals surface area contributed by atoms with Crippen molar-refractivity contribution in [2.45, 2.75) is 50.4 Å². The monoisotopic (exact) mass is 404 g/mol. The van der Waals surface area contributed by atoms with Crippen molar-refractivity contribution in [1.29, 1.82) is 0 Å². The van der Waals surface area contributed by atoms with Crippen molar-refractivity contribution in [2.75, 3.05) is 0 Å². The first-order chi connectivity index (χ1) is 13.1. The fourth-order valence-corrected chi connectivity index (χ4v) is 2.80. The number of nitrogens with zero attached hydrogens (tertiary/aromatic N) is 1. The fraction of sp³-hybridized carbons (Fsp3) is 0.421. The van der Waals surface area contributed by atoms with Crippen LogP contribution in [0.5, 0.6) is 0 Å². The lowest BCUT2D eigenvalue weighted by Crippen LogP contribution is -2.36. The van der Waals surface area contributed by atoms with Crippen LogP contribution in [0.25, 0.3) is 5.69 Å². The molecule has 1 aromatic carbocycles. The predicted molar refractivity (Wildman–Crippen MR) is 93.5 cm³/mol. The van der Waals surface area contributed by atoms with Crippen molar-refractivity contribution in [3.8, 4) is 5.69 Å². The van der Waals surface area contributed by atoms with E-state index in [0.717, 1.165) is 12.2 Å². The van der Waals surface area contributed by atoms with E-state index in [1.165, 1.54) is 5.56 Å². The summed E-state index contributed by atoms with van der Waals surface area (Å²) < 4.78 is 60.0. The number of alkyl halides is 5. The second-order valence-corrected chi connectivity index (χ2v) is 6.57. The van der Waals surface area contributed by atoms with E-state index in [-0.39, 0.29) is 18.9 Å². The zero-order valence-electron chi connectivity index (χ0n) is 14.9. The smallest absolute Gasteiger partial charge is 0.475 e. The highest BCUT2D eigenvalue weighted by Crippen LogP contribution is 2.33. The maximum absolute atomic E-state index is 13.1. The minimum atomic E-state index is -5.08. The largest absolute Gasteiger partial charge is 0.490 e. The number of carboxylic acids is 1. The van der Waals surface area contributed by atoms with Gasteiger partial charge in [-0.1, -0.05) is 12.1 Å². The first kappa shape index (κ1) is 21.9. The Kier molecular flexibility index (Phi) is 7.17. The van der Waals surface area contributed by atoms with Crippen LogP contribution in [-0.4, -0.2) is 33.8 Å². The van der Waals surface area contributed by atoms with Crippen molar-refractivity contribution in [1.82, 2.24) is 9.88 Å². The van der Waals surface area contributed by atoms with Crippen molar-refractivity contribution in [2.24, 2.45) is 0 Å². The van der Waals surface area contributed by atoms with Gasteiger partial charge in [0, 0.05) is 43.5 Å². The number of halogens is 5. The summed E-state index contributed by atoms with van der Waals surface area (Å²) in [5.74, 6) is -5.20. The van der Waals surface area contributed by atoms with Gasteiger partial charge in [-0.15, -0.1) is 0 Å². The molecule has 1 saturated carbocycles. The number of nitrogens with one attached hydrogen (secondary N) is 1. The van der Waals surface area contributed by atoms with Gasteiger partial charge in [0.25, 0.3) is 0 Å². The molecule has 3 rings (SSSR count). The van der Waals surface area contributed by atoms with E-state index in [1.54, 1.807) is 0 Å². The molecular formula is C19H21F5N2O2. The van der Waals surface area contributed by atoms with E-state index >= 15 is 0 Å². The van der Waals surface area contributed by atoms with Crippen LogP contribution in [0.4, 0.5) is 22.0 Å². The molecule has 0 unspecified atom stereocenters. The molecule has 1 aliphatic rings. The highest BCUT2D eigenvalue weighted by Gasteiger charge is 2.38. The second-order valence-electron chi connectivity index (χ2n) is 6.57. The van der Waals surface area contributed by atoms with Gasteiger partial charge in [0.15, 0.2) is 0 Å². The van der Waals surface area contributed by atoms with E-state index in [1.807, 2.05) is 24.5 Å². The van der Waals surface area contributed by atoms with Crippen LogP contribution in [0.3, 0.4) is 0 Å². The number of benzene rings is 1. The summed E-state index contributed by atoms with van der Waals surface area (Å²) in [7, 11) is 0. The van der Waals surface area contributed by atoms with Crippen LogP contribution >= 0.6 is 0 Å². The lowest BCUT2D eigenvalue weighted by Gasteiger charge is -2.29. The molecule has 4 nitrogen and oxygen atoms in total. The second kappa shape index (κ2) is 9.18. The van der Waals surface area contributed by atoms with E-state index in [2.05, 4.69) is 34.1 Å². The fourth-order valence-electron chi connectivity index (χ4n) is 2.80. The highest BCUT2D eigenvalue weighted by atomic mass is 19.4. The summed E-state index contributed by atoms with van der Waals surface area (Å²) in [5, 5.41) is 10.5. The van der Waals surface area contributed by atoms with Gasteiger partial charge in [0.05, 0.1) is 0 Å². The van der Waals surface area contributed by atoms with Gasteiger partial charge < -0.3 is 15.0 Å². The molecule has 0 aliphatic heterocycles. The van der Waals surface area contributed by atoms with Gasteiger partial charge in [-0.3, -0.25) is 0 Å². The number of carboxylic acid groups (broad SMARTS) is 1. The van der Waals surface area contributed by atoms with E-state index in [0.29, 0.717) is 12.8 Å². The number of hydrogen-bond donors (Lipinski definition) is 2. The molecule has 0 spiro atoms. The summed E-state index contributed by atoms with van der Waals surface area (Å²) in [6.45, 7) is 0.738. The molecule has 2 N–H and O–H groups in total. The van der Waals surface area contributed by atoms with E-state index in [9.17, 15) is 22.0 Å². The molecule has 154 valence electrons. The van der Waals surface area contributed by atoms with Crippen LogP contribution in [0.15, 0.2) is 48.8 Å². The molecule has 0 atom stereocenters. The third kappa shape index (κ3) is 6.95. The Balaban J connectivity index is 0.000000345. The summed E-state index contributed by atoms with van der Waals surface area (Å²) in [4.78, 5) is 8.90. The van der Waals surface area contributed by atoms with Crippen LogP contribution in [0, 0.1) is 0 Å². The number of aliphatic carboxylic acids is 1. The SMILES string of the molecule is FC1(F)CCC(NCc2ccc(-n3cccc3)cc2)CC1.O=C(O)C(F)(F)F. The minimum Gasteiger partial charge on any atom is -0.475 e. The standard InChI is InChI=1S/C17H20F2N2.C2HF3O2/c18-17(19)9-7-15(8-10-17)20-13-14-3-5-16(6-4-14)21-11-1-2-12-21;3-2(4,5)1(6)7/h1-6,11-12,15,20H,7-10,13H2;(H,6,7). The quantitative estimate of drug-likeness (QED) is 0.722. The molecule has 1 aliphatic carbocycles. The Morgan fingerprint density at radius 1 is 1.11 bits per heavy atom. The third-order valence-electron chi connectivity index (χ3n) is 4.39. The molecule has 0 radical (unpaired) electrons. The number of carbonyl (C=O) groups is 1. The van der Waals surface area contributed by atoms with E-state index in [4.69, 9.17) is 9.90 Å². The first-order valence-corrected chi connectivity index (χ1v) is 8.70. The lowest BCUT2D eigenvalue weighted by molar-refractivity contribution is -0.192. The molecule has 0 amide bonds. The van der Waals surface area contributed by atoms with Crippen molar-refractivity contribution in [3.05, 3.63) is 54.4 Å². The molecule has 28 heavy (non-hydrogen) atoms. The Bertz CT molecular complexity index is 733. The van der Waals surface area contributed by atoms with Crippen LogP contribution < -0.4 is 5.32 Å². The normalized spacial score (nSPS) is 16.9. The summed E-state index contributed by atoms with van der Waals surface area (Å²) >= 11 is 0. The van der Waals surface area contributed by atoms with Crippen molar-refractivity contribution in [3.63, 3.8) is 0 Å². The Labute approximate surface area is 159 Å². The van der Waals surface area contributed by atoms with Gasteiger partial charge in [-0.25, -0.2) is 13.6 Å². The van der Waals surface area contributed by atoms with Gasteiger partial charge in [0.2, 0.25) is 5.92 Å². The topological polar surface area (TPSA) is 54.3 Å². The van der Waals surface area contributed by atoms with Crippen molar-refractivity contribution >= 4 is 5.97 Å². The highest BCUT2D eigenvalue weighted by molar-refractivity contribution is 5.73. The average Bonchev–Trinajstić information content (AvgIpc) is 3.16. The third-order valence-corrected chi connectivity index (χ3v) is 4.39. The lowest BCUT2D eigenvalue weighted by atomic mass is 9.92. The average molecular weight is 404 g/mol. The Morgan fingerprint density at radius 2 is 1.61 bits per heavy atom.